The number of anilines is 1. The van der Waals surface area contributed by atoms with Gasteiger partial charge in [0.05, 0.1) is 24.1 Å². The second-order valence-corrected chi connectivity index (χ2v) is 6.63. The molecule has 0 unspecified atom stereocenters. The smallest absolute Gasteiger partial charge is 0.340 e. The van der Waals surface area contributed by atoms with Crippen molar-refractivity contribution in [3.05, 3.63) is 59.4 Å². The van der Waals surface area contributed by atoms with Crippen LogP contribution in [-0.4, -0.2) is 44.9 Å². The zero-order valence-electron chi connectivity index (χ0n) is 15.0. The zero-order chi connectivity index (χ0) is 20.1. The van der Waals surface area contributed by atoms with Crippen molar-refractivity contribution in [3.8, 4) is 5.69 Å². The van der Waals surface area contributed by atoms with E-state index in [0.717, 1.165) is 36.2 Å². The zero-order valence-corrected chi connectivity index (χ0v) is 15.9. The summed E-state index contributed by atoms with van der Waals surface area (Å²) in [4.78, 5) is 23.8. The van der Waals surface area contributed by atoms with E-state index >= 15 is 0 Å². The molecule has 8 nitrogen and oxygen atoms in total. The van der Waals surface area contributed by atoms with Crippen LogP contribution < -0.4 is 5.32 Å². The molecule has 2 aromatic carbocycles. The van der Waals surface area contributed by atoms with Crippen LogP contribution in [0.3, 0.4) is 0 Å². The highest BCUT2D eigenvalue weighted by Gasteiger charge is 2.15. The fraction of sp³-hybridized carbons (Fsp3) is 0.167. The normalized spacial score (nSPS) is 10.5. The van der Waals surface area contributed by atoms with E-state index in [9.17, 15) is 14.0 Å². The summed E-state index contributed by atoms with van der Waals surface area (Å²) in [7, 11) is 1.16. The van der Waals surface area contributed by atoms with Crippen LogP contribution >= 0.6 is 11.8 Å². The molecule has 1 heterocycles. The lowest BCUT2D eigenvalue weighted by molar-refractivity contribution is -0.113. The molecule has 10 heteroatoms. The third-order valence-electron chi connectivity index (χ3n) is 3.77. The van der Waals surface area contributed by atoms with Gasteiger partial charge >= 0.3 is 5.97 Å². The summed E-state index contributed by atoms with van der Waals surface area (Å²) in [5.74, 6) is -1.87. The van der Waals surface area contributed by atoms with Crippen molar-refractivity contribution in [1.82, 2.24) is 20.2 Å². The second kappa shape index (κ2) is 8.61. The maximum atomic E-state index is 13.7. The number of aromatic nitrogens is 4. The number of halogens is 1. The number of esters is 1. The van der Waals surface area contributed by atoms with Crippen LogP contribution in [0.1, 0.15) is 15.9 Å². The highest BCUT2D eigenvalue weighted by molar-refractivity contribution is 7.99. The first-order valence-electron chi connectivity index (χ1n) is 8.14. The number of aryl methyl sites for hydroxylation is 1. The molecule has 0 aliphatic carbocycles. The summed E-state index contributed by atoms with van der Waals surface area (Å²) < 4.78 is 19.7. The van der Waals surface area contributed by atoms with Gasteiger partial charge in [-0.05, 0) is 47.2 Å². The van der Waals surface area contributed by atoms with Gasteiger partial charge in [0.15, 0.2) is 0 Å². The van der Waals surface area contributed by atoms with Crippen LogP contribution in [0.25, 0.3) is 5.69 Å². The first-order chi connectivity index (χ1) is 13.5. The number of para-hydroxylation sites is 1. The van der Waals surface area contributed by atoms with E-state index in [4.69, 9.17) is 0 Å². The van der Waals surface area contributed by atoms with Crippen LogP contribution in [0.5, 0.6) is 0 Å². The molecule has 0 aliphatic heterocycles. The van der Waals surface area contributed by atoms with E-state index in [-0.39, 0.29) is 22.9 Å². The molecule has 1 N–H and O–H groups in total. The number of nitrogens with zero attached hydrogens (tertiary/aromatic N) is 4. The first-order valence-corrected chi connectivity index (χ1v) is 9.13. The number of carbonyl (C=O) groups excluding carboxylic acids is 2. The van der Waals surface area contributed by atoms with Crippen molar-refractivity contribution >= 4 is 29.3 Å². The Hall–Kier alpha value is -3.27. The topological polar surface area (TPSA) is 99.0 Å². The quantitative estimate of drug-likeness (QED) is 0.501. The largest absolute Gasteiger partial charge is 0.465 e. The van der Waals surface area contributed by atoms with E-state index < -0.39 is 11.8 Å². The number of tetrazole rings is 1. The number of rotatable bonds is 6. The van der Waals surface area contributed by atoms with Gasteiger partial charge < -0.3 is 10.1 Å². The lowest BCUT2D eigenvalue weighted by atomic mass is 10.2. The van der Waals surface area contributed by atoms with Crippen LogP contribution in [0.2, 0.25) is 0 Å². The van der Waals surface area contributed by atoms with Crippen LogP contribution in [-0.2, 0) is 9.53 Å². The van der Waals surface area contributed by atoms with E-state index in [1.54, 1.807) is 4.68 Å². The van der Waals surface area contributed by atoms with Gasteiger partial charge in [0.25, 0.3) is 0 Å². The average Bonchev–Trinajstić information content (AvgIpc) is 3.16. The van der Waals surface area contributed by atoms with Crippen molar-refractivity contribution in [2.75, 3.05) is 18.2 Å². The standard InChI is InChI=1S/C18H16FN5O3S/c1-11-5-3-4-6-15(11)24-18(21-22-23-24)28-10-16(25)20-12-7-8-14(19)13(9-12)17(26)27-2/h3-9H,10H2,1-2H3,(H,20,25). The predicted octanol–water partition coefficient (Wildman–Crippen LogP) is 2.63. The first kappa shape index (κ1) is 19.5. The number of nitrogens with one attached hydrogen (secondary N) is 1. The molecule has 3 aromatic rings. The SMILES string of the molecule is COC(=O)c1cc(NC(=O)CSc2nnnn2-c2ccccc2C)ccc1F. The molecule has 0 fully saturated rings. The molecule has 0 spiro atoms. The molecule has 28 heavy (non-hydrogen) atoms. The summed E-state index contributed by atoms with van der Waals surface area (Å²) in [6, 6.07) is 11.3. The summed E-state index contributed by atoms with van der Waals surface area (Å²) in [6.45, 7) is 1.94. The van der Waals surface area contributed by atoms with Crippen LogP contribution in [0.15, 0.2) is 47.6 Å². The second-order valence-electron chi connectivity index (χ2n) is 5.68. The fourth-order valence-corrected chi connectivity index (χ4v) is 3.10. The number of benzene rings is 2. The molecule has 0 aliphatic rings. The lowest BCUT2D eigenvalue weighted by Gasteiger charge is -2.08. The van der Waals surface area contributed by atoms with Crippen LogP contribution in [0.4, 0.5) is 10.1 Å². The fourth-order valence-electron chi connectivity index (χ4n) is 2.42. The highest BCUT2D eigenvalue weighted by atomic mass is 32.2. The van der Waals surface area contributed by atoms with Crippen molar-refractivity contribution in [3.63, 3.8) is 0 Å². The molecule has 0 bridgehead atoms. The van der Waals surface area contributed by atoms with Gasteiger partial charge in [-0.1, -0.05) is 30.0 Å². The highest BCUT2D eigenvalue weighted by Crippen LogP contribution is 2.21. The Labute approximate surface area is 164 Å². The molecule has 1 amide bonds. The summed E-state index contributed by atoms with van der Waals surface area (Å²) in [6.07, 6.45) is 0. The minimum absolute atomic E-state index is 0.0250. The predicted molar refractivity (Wildman–Crippen MR) is 101 cm³/mol. The molecule has 0 radical (unpaired) electrons. The van der Waals surface area contributed by atoms with Gasteiger partial charge in [-0.25, -0.2) is 9.18 Å². The summed E-state index contributed by atoms with van der Waals surface area (Å²) in [5, 5.41) is 14.7. The van der Waals surface area contributed by atoms with Gasteiger partial charge in [0, 0.05) is 5.69 Å². The molecule has 144 valence electrons. The molecular weight excluding hydrogens is 385 g/mol. The Morgan fingerprint density at radius 1 is 1.25 bits per heavy atom. The maximum Gasteiger partial charge on any atom is 0.340 e. The van der Waals surface area contributed by atoms with Gasteiger partial charge in [-0.3, -0.25) is 4.79 Å². The number of amides is 1. The maximum absolute atomic E-state index is 13.7. The third kappa shape index (κ3) is 4.34. The van der Waals surface area contributed by atoms with E-state index in [1.807, 2.05) is 31.2 Å². The number of hydrogen-bond donors (Lipinski definition) is 1. The molecule has 0 saturated carbocycles. The Balaban J connectivity index is 1.67. The number of hydrogen-bond acceptors (Lipinski definition) is 7. The Morgan fingerprint density at radius 3 is 2.79 bits per heavy atom. The molecular formula is C18H16FN5O3S. The molecule has 0 saturated heterocycles. The third-order valence-corrected chi connectivity index (χ3v) is 4.69. The number of carbonyl (C=O) groups is 2. The van der Waals surface area contributed by atoms with Gasteiger partial charge in [0.2, 0.25) is 11.1 Å². The minimum Gasteiger partial charge on any atom is -0.465 e. The van der Waals surface area contributed by atoms with Gasteiger partial charge in [-0.2, -0.15) is 4.68 Å². The molecule has 1 aromatic heterocycles. The number of ether oxygens (including phenoxy) is 1. The Bertz CT molecular complexity index is 1020. The van der Waals surface area contributed by atoms with Gasteiger partial charge in [-0.15, -0.1) is 5.10 Å². The van der Waals surface area contributed by atoms with Crippen molar-refractivity contribution in [2.45, 2.75) is 12.1 Å². The van der Waals surface area contributed by atoms with E-state index in [1.165, 1.54) is 12.1 Å². The van der Waals surface area contributed by atoms with Crippen molar-refractivity contribution < 1.29 is 18.7 Å². The van der Waals surface area contributed by atoms with Crippen LogP contribution in [0, 0.1) is 12.7 Å². The van der Waals surface area contributed by atoms with E-state index in [0.29, 0.717) is 5.16 Å². The summed E-state index contributed by atoms with van der Waals surface area (Å²) in [5.41, 5.74) is 1.83. The minimum atomic E-state index is -0.819. The Kier molecular flexibility index (Phi) is 5.99. The van der Waals surface area contributed by atoms with Crippen molar-refractivity contribution in [1.29, 1.82) is 0 Å². The Morgan fingerprint density at radius 2 is 2.04 bits per heavy atom. The van der Waals surface area contributed by atoms with Crippen molar-refractivity contribution in [2.24, 2.45) is 0 Å². The monoisotopic (exact) mass is 401 g/mol. The average molecular weight is 401 g/mol. The van der Waals surface area contributed by atoms with E-state index in [2.05, 4.69) is 25.6 Å². The summed E-state index contributed by atoms with van der Waals surface area (Å²) >= 11 is 1.15. The molecule has 0 atom stereocenters. The number of thioether (sulfide) groups is 1. The number of methoxy groups -OCH3 is 1. The molecule has 3 rings (SSSR count). The lowest BCUT2D eigenvalue weighted by Crippen LogP contribution is -2.15. The van der Waals surface area contributed by atoms with Gasteiger partial charge in [0.1, 0.15) is 5.82 Å².